The minimum atomic E-state index is -0.901. The highest BCUT2D eigenvalue weighted by atomic mass is 79.9. The third-order valence-corrected chi connectivity index (χ3v) is 5.66. The summed E-state index contributed by atoms with van der Waals surface area (Å²) in [6.07, 6.45) is 1.33. The Morgan fingerprint density at radius 3 is 2.76 bits per heavy atom. The van der Waals surface area contributed by atoms with Crippen LogP contribution in [-0.2, 0) is 9.59 Å². The number of hydrogen-bond donors (Lipinski definition) is 1. The fourth-order valence-electron chi connectivity index (χ4n) is 2.45. The monoisotopic (exact) mass is 371 g/mol. The Bertz CT molecular complexity index is 576. The SMILES string of the molecule is Cc1cc(SCC(=O)N2CCC[C@H]2C(=O)O)c(C)cc1Br. The van der Waals surface area contributed by atoms with Crippen molar-refractivity contribution in [2.24, 2.45) is 0 Å². The van der Waals surface area contributed by atoms with Gasteiger partial charge in [-0.05, 0) is 49.9 Å². The molecule has 1 aromatic carbocycles. The fourth-order valence-corrected chi connectivity index (χ4v) is 3.90. The van der Waals surface area contributed by atoms with Crippen molar-refractivity contribution in [3.05, 3.63) is 27.7 Å². The van der Waals surface area contributed by atoms with Crippen molar-refractivity contribution in [1.29, 1.82) is 0 Å². The molecule has 1 saturated heterocycles. The first-order valence-corrected chi connectivity index (χ1v) is 8.60. The Morgan fingerprint density at radius 1 is 1.38 bits per heavy atom. The summed E-state index contributed by atoms with van der Waals surface area (Å²) in [4.78, 5) is 25.9. The summed E-state index contributed by atoms with van der Waals surface area (Å²) in [7, 11) is 0. The lowest BCUT2D eigenvalue weighted by Crippen LogP contribution is -2.41. The molecule has 0 aliphatic carbocycles. The molecular weight excluding hydrogens is 354 g/mol. The summed E-state index contributed by atoms with van der Waals surface area (Å²) in [5, 5.41) is 9.12. The molecule has 4 nitrogen and oxygen atoms in total. The van der Waals surface area contributed by atoms with Crippen molar-refractivity contribution < 1.29 is 14.7 Å². The summed E-state index contributed by atoms with van der Waals surface area (Å²) in [5.74, 6) is -0.711. The number of halogens is 1. The van der Waals surface area contributed by atoms with Crippen LogP contribution in [0.5, 0.6) is 0 Å². The molecule has 114 valence electrons. The molecule has 1 amide bonds. The third-order valence-electron chi connectivity index (χ3n) is 3.67. The van der Waals surface area contributed by atoms with Crippen LogP contribution in [0.4, 0.5) is 0 Å². The maximum Gasteiger partial charge on any atom is 0.326 e. The Morgan fingerprint density at radius 2 is 2.10 bits per heavy atom. The van der Waals surface area contributed by atoms with Gasteiger partial charge in [0.1, 0.15) is 6.04 Å². The predicted molar refractivity (Wildman–Crippen MR) is 86.7 cm³/mol. The van der Waals surface area contributed by atoms with E-state index in [0.29, 0.717) is 13.0 Å². The van der Waals surface area contributed by atoms with Crippen LogP contribution in [0, 0.1) is 13.8 Å². The lowest BCUT2D eigenvalue weighted by Gasteiger charge is -2.21. The first kappa shape index (κ1) is 16.4. The van der Waals surface area contributed by atoms with Gasteiger partial charge in [-0.3, -0.25) is 4.79 Å². The number of carbonyl (C=O) groups is 2. The van der Waals surface area contributed by atoms with E-state index < -0.39 is 12.0 Å². The van der Waals surface area contributed by atoms with Crippen molar-refractivity contribution in [3.63, 3.8) is 0 Å². The van der Waals surface area contributed by atoms with Crippen LogP contribution in [-0.4, -0.2) is 40.2 Å². The molecule has 2 rings (SSSR count). The average Bonchev–Trinajstić information content (AvgIpc) is 2.90. The predicted octanol–water partition coefficient (Wildman–Crippen LogP) is 3.23. The molecule has 1 heterocycles. The maximum absolute atomic E-state index is 12.2. The summed E-state index contributed by atoms with van der Waals surface area (Å²) >= 11 is 4.96. The largest absolute Gasteiger partial charge is 0.480 e. The van der Waals surface area contributed by atoms with Crippen molar-refractivity contribution in [3.8, 4) is 0 Å². The van der Waals surface area contributed by atoms with Gasteiger partial charge in [-0.1, -0.05) is 15.9 Å². The normalized spacial score (nSPS) is 18.0. The van der Waals surface area contributed by atoms with Crippen molar-refractivity contribution in [1.82, 2.24) is 4.90 Å². The molecule has 1 aliphatic heterocycles. The van der Waals surface area contributed by atoms with E-state index in [1.807, 2.05) is 19.9 Å². The number of carbonyl (C=O) groups excluding carboxylic acids is 1. The van der Waals surface area contributed by atoms with E-state index in [9.17, 15) is 9.59 Å². The van der Waals surface area contributed by atoms with Crippen LogP contribution in [0.15, 0.2) is 21.5 Å². The zero-order valence-electron chi connectivity index (χ0n) is 12.1. The minimum absolute atomic E-state index is 0.0927. The number of thioether (sulfide) groups is 1. The highest BCUT2D eigenvalue weighted by Gasteiger charge is 2.33. The van der Waals surface area contributed by atoms with Crippen LogP contribution in [0.1, 0.15) is 24.0 Å². The molecule has 0 aromatic heterocycles. The molecule has 0 bridgehead atoms. The number of aryl methyl sites for hydroxylation is 2. The molecule has 0 saturated carbocycles. The van der Waals surface area contributed by atoms with E-state index in [-0.39, 0.29) is 11.7 Å². The van der Waals surface area contributed by atoms with Gasteiger partial charge in [-0.2, -0.15) is 0 Å². The van der Waals surface area contributed by atoms with E-state index in [4.69, 9.17) is 5.11 Å². The summed E-state index contributed by atoms with van der Waals surface area (Å²) in [6.45, 7) is 4.57. The molecule has 0 spiro atoms. The van der Waals surface area contributed by atoms with Crippen LogP contribution in [0.2, 0.25) is 0 Å². The van der Waals surface area contributed by atoms with Crippen LogP contribution in [0.25, 0.3) is 0 Å². The van der Waals surface area contributed by atoms with Crippen molar-refractivity contribution in [2.75, 3.05) is 12.3 Å². The molecule has 6 heteroatoms. The standard InChI is InChI=1S/C15H18BrNO3S/c1-9-7-13(10(2)6-11(9)16)21-8-14(18)17-5-3-4-12(17)15(19)20/h6-7,12H,3-5,8H2,1-2H3,(H,19,20)/t12-/m0/s1. The highest BCUT2D eigenvalue weighted by molar-refractivity contribution is 9.10. The van der Waals surface area contributed by atoms with Gasteiger partial charge in [0.15, 0.2) is 0 Å². The van der Waals surface area contributed by atoms with Gasteiger partial charge < -0.3 is 10.0 Å². The van der Waals surface area contributed by atoms with Gasteiger partial charge in [-0.15, -0.1) is 11.8 Å². The molecule has 1 N–H and O–H groups in total. The number of carboxylic acids is 1. The Hall–Kier alpha value is -1.01. The Kier molecular flexibility index (Phi) is 5.32. The van der Waals surface area contributed by atoms with Crippen molar-refractivity contribution in [2.45, 2.75) is 37.6 Å². The second-order valence-corrected chi connectivity index (χ2v) is 7.11. The van der Waals surface area contributed by atoms with E-state index in [2.05, 4.69) is 22.0 Å². The van der Waals surface area contributed by atoms with Gasteiger partial charge in [0.25, 0.3) is 0 Å². The maximum atomic E-state index is 12.2. The molecule has 1 atom stereocenters. The topological polar surface area (TPSA) is 57.6 Å². The third kappa shape index (κ3) is 3.80. The van der Waals surface area contributed by atoms with E-state index in [1.54, 1.807) is 0 Å². The van der Waals surface area contributed by atoms with Gasteiger partial charge in [0.05, 0.1) is 5.75 Å². The second kappa shape index (κ2) is 6.83. The Balaban J connectivity index is 2.01. The molecule has 21 heavy (non-hydrogen) atoms. The molecule has 0 unspecified atom stereocenters. The lowest BCUT2D eigenvalue weighted by atomic mass is 10.2. The van der Waals surface area contributed by atoms with Crippen molar-refractivity contribution >= 4 is 39.6 Å². The lowest BCUT2D eigenvalue weighted by molar-refractivity contribution is -0.147. The van der Waals surface area contributed by atoms with Gasteiger partial charge in [0.2, 0.25) is 5.91 Å². The molecular formula is C15H18BrNO3S. The summed E-state index contributed by atoms with van der Waals surface area (Å²) in [5.41, 5.74) is 2.24. The van der Waals surface area contributed by atoms with Gasteiger partial charge in [-0.25, -0.2) is 4.79 Å². The van der Waals surface area contributed by atoms with Crippen LogP contribution < -0.4 is 0 Å². The number of aliphatic carboxylic acids is 1. The fraction of sp³-hybridized carbons (Fsp3) is 0.467. The Labute approximate surface area is 137 Å². The first-order chi connectivity index (χ1) is 9.90. The molecule has 0 radical (unpaired) electrons. The minimum Gasteiger partial charge on any atom is -0.480 e. The number of benzene rings is 1. The number of hydrogen-bond acceptors (Lipinski definition) is 3. The van der Waals surface area contributed by atoms with Crippen LogP contribution in [0.3, 0.4) is 0 Å². The quantitative estimate of drug-likeness (QED) is 0.825. The average molecular weight is 372 g/mol. The van der Waals surface area contributed by atoms with E-state index >= 15 is 0 Å². The smallest absolute Gasteiger partial charge is 0.326 e. The molecule has 1 aromatic rings. The van der Waals surface area contributed by atoms with E-state index in [1.165, 1.54) is 16.7 Å². The number of rotatable bonds is 4. The van der Waals surface area contributed by atoms with Crippen LogP contribution >= 0.6 is 27.7 Å². The molecule has 1 fully saturated rings. The molecule has 1 aliphatic rings. The summed E-state index contributed by atoms with van der Waals surface area (Å²) < 4.78 is 1.06. The van der Waals surface area contributed by atoms with E-state index in [0.717, 1.165) is 26.9 Å². The van der Waals surface area contributed by atoms with Gasteiger partial charge >= 0.3 is 5.97 Å². The number of nitrogens with zero attached hydrogens (tertiary/aromatic N) is 1. The number of carboxylic acid groups (broad SMARTS) is 1. The highest BCUT2D eigenvalue weighted by Crippen LogP contribution is 2.29. The zero-order chi connectivity index (χ0) is 15.6. The number of likely N-dealkylation sites (tertiary alicyclic amines) is 1. The summed E-state index contributed by atoms with van der Waals surface area (Å²) in [6, 6.07) is 3.44. The van der Waals surface area contributed by atoms with Gasteiger partial charge in [0, 0.05) is 15.9 Å². The zero-order valence-corrected chi connectivity index (χ0v) is 14.5. The first-order valence-electron chi connectivity index (χ1n) is 6.82. The number of amides is 1. The second-order valence-electron chi connectivity index (χ2n) is 5.24.